The fourth-order valence-corrected chi connectivity index (χ4v) is 2.90. The number of anilines is 1. The molecule has 2 N–H and O–H groups in total. The molecule has 0 spiro atoms. The number of carbonyl (C=O) groups is 1. The van der Waals surface area contributed by atoms with Crippen LogP contribution in [0.5, 0.6) is 0 Å². The van der Waals surface area contributed by atoms with E-state index in [1.165, 1.54) is 18.4 Å². The molecule has 1 aliphatic heterocycles. The maximum atomic E-state index is 12.7. The minimum atomic E-state index is -0.249. The molecule has 5 heteroatoms. The van der Waals surface area contributed by atoms with E-state index < -0.39 is 0 Å². The Labute approximate surface area is 183 Å². The van der Waals surface area contributed by atoms with Gasteiger partial charge in [0.25, 0.3) is 5.91 Å². The van der Waals surface area contributed by atoms with Gasteiger partial charge in [-0.05, 0) is 52.0 Å². The molecular weight excluding hydrogens is 372 g/mol. The molecule has 2 aliphatic rings. The average molecular weight is 413 g/mol. The smallest absolute Gasteiger partial charge is 0.257 e. The number of carbonyl (C=O) groups excluding carboxylic acids is 1. The molecule has 2 atom stereocenters. The molecule has 30 heavy (non-hydrogen) atoms. The van der Waals surface area contributed by atoms with Crippen molar-refractivity contribution in [2.24, 2.45) is 0 Å². The van der Waals surface area contributed by atoms with Crippen molar-refractivity contribution >= 4 is 11.7 Å². The summed E-state index contributed by atoms with van der Waals surface area (Å²) in [5.41, 5.74) is 2.81. The number of fused-ring (bicyclic) bond motifs is 1. The van der Waals surface area contributed by atoms with Crippen LogP contribution in [-0.2, 0) is 0 Å². The Morgan fingerprint density at radius 2 is 1.97 bits per heavy atom. The van der Waals surface area contributed by atoms with Gasteiger partial charge in [0.05, 0.1) is 18.3 Å². The summed E-state index contributed by atoms with van der Waals surface area (Å²) in [6, 6.07) is 0.283. The Balaban J connectivity index is 0.000000653. The van der Waals surface area contributed by atoms with Crippen molar-refractivity contribution in [2.75, 3.05) is 5.32 Å². The number of aromatic nitrogens is 2. The van der Waals surface area contributed by atoms with Gasteiger partial charge < -0.3 is 10.6 Å². The Morgan fingerprint density at radius 1 is 1.37 bits per heavy atom. The molecule has 1 fully saturated rings. The summed E-state index contributed by atoms with van der Waals surface area (Å²) in [4.78, 5) is 12.7. The van der Waals surface area contributed by atoms with Crippen LogP contribution in [0.1, 0.15) is 83.6 Å². The molecule has 1 aromatic rings. The highest BCUT2D eigenvalue weighted by Crippen LogP contribution is 2.32. The average Bonchev–Trinajstić information content (AvgIpc) is 3.38. The lowest BCUT2D eigenvalue weighted by Gasteiger charge is -2.32. The Kier molecular flexibility index (Phi) is 9.83. The van der Waals surface area contributed by atoms with Crippen LogP contribution in [0.25, 0.3) is 0 Å². The Bertz CT molecular complexity index is 779. The number of hydrogen-bond donors (Lipinski definition) is 2. The van der Waals surface area contributed by atoms with E-state index in [2.05, 4.69) is 49.3 Å². The third-order valence-corrected chi connectivity index (χ3v) is 5.23. The quantitative estimate of drug-likeness (QED) is 0.431. The highest BCUT2D eigenvalue weighted by molar-refractivity contribution is 5.99. The monoisotopic (exact) mass is 412 g/mol. The van der Waals surface area contributed by atoms with Crippen LogP contribution in [0, 0.1) is 0 Å². The number of hydrogen-bond acceptors (Lipinski definition) is 3. The van der Waals surface area contributed by atoms with Crippen molar-refractivity contribution in [3.8, 4) is 0 Å². The lowest BCUT2D eigenvalue weighted by atomic mass is 9.97. The summed E-state index contributed by atoms with van der Waals surface area (Å²) >= 11 is 0. The number of rotatable bonds is 6. The lowest BCUT2D eigenvalue weighted by molar-refractivity contribution is 0.0912. The second kappa shape index (κ2) is 11.6. The van der Waals surface area contributed by atoms with Crippen LogP contribution in [0.4, 0.5) is 5.82 Å². The summed E-state index contributed by atoms with van der Waals surface area (Å²) in [5, 5.41) is 10.9. The third-order valence-electron chi connectivity index (χ3n) is 5.23. The molecule has 0 radical (unpaired) electrons. The summed E-state index contributed by atoms with van der Waals surface area (Å²) in [6.07, 6.45) is 11.5. The molecule has 1 amide bonds. The normalized spacial score (nSPS) is 19.7. The van der Waals surface area contributed by atoms with Gasteiger partial charge in [-0.2, -0.15) is 5.10 Å². The van der Waals surface area contributed by atoms with Gasteiger partial charge in [0.15, 0.2) is 0 Å². The van der Waals surface area contributed by atoms with Crippen LogP contribution < -0.4 is 10.6 Å². The largest absolute Gasteiger partial charge is 0.363 e. The third kappa shape index (κ3) is 7.05. The van der Waals surface area contributed by atoms with E-state index in [-0.39, 0.29) is 23.5 Å². The zero-order valence-corrected chi connectivity index (χ0v) is 19.7. The second-order valence-corrected chi connectivity index (χ2v) is 8.18. The van der Waals surface area contributed by atoms with Crippen LogP contribution in [0.3, 0.4) is 0 Å². The number of nitrogens with one attached hydrogen (secondary N) is 2. The minimum Gasteiger partial charge on any atom is -0.363 e. The fourth-order valence-electron chi connectivity index (χ4n) is 2.90. The van der Waals surface area contributed by atoms with E-state index in [9.17, 15) is 4.79 Å². The first kappa shape index (κ1) is 25.5. The molecule has 166 valence electrons. The Morgan fingerprint density at radius 3 is 2.43 bits per heavy atom. The molecule has 5 nitrogen and oxygen atoms in total. The van der Waals surface area contributed by atoms with Crippen LogP contribution >= 0.6 is 0 Å². The van der Waals surface area contributed by atoms with Gasteiger partial charge in [0.1, 0.15) is 11.4 Å². The highest BCUT2D eigenvalue weighted by Gasteiger charge is 2.31. The molecule has 3 rings (SSSR count). The highest BCUT2D eigenvalue weighted by atomic mass is 16.1. The summed E-state index contributed by atoms with van der Waals surface area (Å²) < 4.78 is 1.89. The molecule has 2 unspecified atom stereocenters. The number of amides is 1. The van der Waals surface area contributed by atoms with Gasteiger partial charge in [0.2, 0.25) is 0 Å². The summed E-state index contributed by atoms with van der Waals surface area (Å²) in [7, 11) is 0. The number of allylic oxidation sites excluding steroid dienone is 3. The molecule has 0 aromatic carbocycles. The van der Waals surface area contributed by atoms with Crippen molar-refractivity contribution in [3.63, 3.8) is 0 Å². The lowest BCUT2D eigenvalue weighted by Crippen LogP contribution is -2.43. The molecule has 1 saturated carbocycles. The summed E-state index contributed by atoms with van der Waals surface area (Å²) in [5.74, 6) is 0.663. The van der Waals surface area contributed by atoms with Gasteiger partial charge in [-0.15, -0.1) is 0 Å². The first-order valence-electron chi connectivity index (χ1n) is 11.0. The molecule has 2 heterocycles. The molecule has 0 saturated heterocycles. The number of nitrogens with zero attached hydrogens (tertiary/aromatic N) is 2. The van der Waals surface area contributed by atoms with E-state index in [4.69, 9.17) is 0 Å². The van der Waals surface area contributed by atoms with Gasteiger partial charge >= 0.3 is 0 Å². The van der Waals surface area contributed by atoms with Crippen molar-refractivity contribution in [1.29, 1.82) is 0 Å². The van der Waals surface area contributed by atoms with Crippen molar-refractivity contribution < 1.29 is 4.79 Å². The first-order valence-corrected chi connectivity index (χ1v) is 11.0. The van der Waals surface area contributed by atoms with Crippen molar-refractivity contribution in [1.82, 2.24) is 15.1 Å². The maximum absolute atomic E-state index is 12.7. The van der Waals surface area contributed by atoms with Crippen LogP contribution in [0.15, 0.2) is 55.3 Å². The van der Waals surface area contributed by atoms with E-state index in [0.717, 1.165) is 24.2 Å². The first-order chi connectivity index (χ1) is 14.2. The molecule has 1 aromatic heterocycles. The Hall–Kier alpha value is -2.56. The van der Waals surface area contributed by atoms with Crippen molar-refractivity contribution in [3.05, 3.63) is 60.9 Å². The molecule has 1 aliphatic carbocycles. The van der Waals surface area contributed by atoms with Gasteiger partial charge in [-0.1, -0.05) is 64.3 Å². The van der Waals surface area contributed by atoms with E-state index in [0.29, 0.717) is 5.56 Å². The van der Waals surface area contributed by atoms with E-state index >= 15 is 0 Å². The van der Waals surface area contributed by atoms with Gasteiger partial charge in [-0.25, -0.2) is 4.68 Å². The fraction of sp³-hybridized carbons (Fsp3) is 0.520. The van der Waals surface area contributed by atoms with Gasteiger partial charge in [-0.3, -0.25) is 4.79 Å². The maximum Gasteiger partial charge on any atom is 0.257 e. The summed E-state index contributed by atoms with van der Waals surface area (Å²) in [6.45, 7) is 23.5. The molecular formula is C25H40N4O. The minimum absolute atomic E-state index is 0.0884. The van der Waals surface area contributed by atoms with E-state index in [1.54, 1.807) is 12.3 Å². The van der Waals surface area contributed by atoms with Crippen LogP contribution in [-0.4, -0.2) is 27.3 Å². The zero-order chi connectivity index (χ0) is 22.9. The van der Waals surface area contributed by atoms with Crippen LogP contribution in [0.2, 0.25) is 0 Å². The van der Waals surface area contributed by atoms with Gasteiger partial charge in [0, 0.05) is 5.54 Å². The molecule has 0 bridgehead atoms. The van der Waals surface area contributed by atoms with Crippen molar-refractivity contribution in [2.45, 2.75) is 84.8 Å². The predicted molar refractivity (Wildman–Crippen MR) is 129 cm³/mol. The predicted octanol–water partition coefficient (Wildman–Crippen LogP) is 6.21. The standard InChI is InChI=1S/C19H28N4O.C4H6.C2H6/c1-7-10-14(8-2)16-11-13(4)23-17(21-16)15(12-20-23)18(24)22-19(5,6)9-3;1-4-2-3-4;1-2/h7-8,10,12-13,16,21H,1-2,9,11H2,3-6H3,(H,22,24);1-3H2;1-2H3/b14-10+;;. The van der Waals surface area contributed by atoms with E-state index in [1.807, 2.05) is 44.5 Å². The second-order valence-electron chi connectivity index (χ2n) is 8.18. The SMILES string of the molecule is C=C/C=C(\C=C)C1CC(C)n2ncc(C(=O)NC(C)(C)CC)c2N1.C=C1CC1.CC. The zero-order valence-electron chi connectivity index (χ0n) is 19.7. The topological polar surface area (TPSA) is 59.0 Å².